The fourth-order valence-corrected chi connectivity index (χ4v) is 3.65. The maximum Gasteiger partial charge on any atom is 0.332 e. The van der Waals surface area contributed by atoms with E-state index in [0.717, 1.165) is 4.57 Å². The average Bonchev–Trinajstić information content (AvgIpc) is 3.25. The molecule has 10 heteroatoms. The summed E-state index contributed by atoms with van der Waals surface area (Å²) in [7, 11) is 2.93. The predicted molar refractivity (Wildman–Crippen MR) is 121 cm³/mol. The predicted octanol–water partition coefficient (Wildman–Crippen LogP) is 2.51. The highest BCUT2D eigenvalue weighted by Gasteiger charge is 2.19. The van der Waals surface area contributed by atoms with Crippen LogP contribution in [0.1, 0.15) is 11.1 Å². The van der Waals surface area contributed by atoms with Gasteiger partial charge in [-0.1, -0.05) is 36.4 Å². The van der Waals surface area contributed by atoms with Crippen LogP contribution in [0.3, 0.4) is 0 Å². The van der Waals surface area contributed by atoms with Gasteiger partial charge in [-0.2, -0.15) is 0 Å². The van der Waals surface area contributed by atoms with Crippen LogP contribution in [0.4, 0.5) is 8.78 Å². The Labute approximate surface area is 193 Å². The van der Waals surface area contributed by atoms with E-state index in [9.17, 15) is 18.4 Å². The van der Waals surface area contributed by atoms with Crippen molar-refractivity contribution in [1.82, 2.24) is 18.7 Å². The standard InChI is InChI=1S/C24H24F2N4O4/c1-28-22-21(23(31)29(2)24(28)32)30(15-27-22)11-18(34-13-17-8-4-6-10-20(17)26)14-33-12-16-7-3-5-9-19(16)25/h3-10,15,18H,11-14H2,1-2H3/t18-/m1/s1. The van der Waals surface area contributed by atoms with Gasteiger partial charge in [-0.05, 0) is 12.1 Å². The van der Waals surface area contributed by atoms with Crippen molar-refractivity contribution >= 4 is 11.2 Å². The van der Waals surface area contributed by atoms with Gasteiger partial charge < -0.3 is 14.0 Å². The van der Waals surface area contributed by atoms with Crippen LogP contribution in [0, 0.1) is 11.6 Å². The van der Waals surface area contributed by atoms with E-state index in [1.807, 2.05) is 0 Å². The largest absolute Gasteiger partial charge is 0.374 e. The van der Waals surface area contributed by atoms with Crippen molar-refractivity contribution in [2.75, 3.05) is 6.61 Å². The van der Waals surface area contributed by atoms with Crippen molar-refractivity contribution in [3.63, 3.8) is 0 Å². The third-order valence-electron chi connectivity index (χ3n) is 5.57. The Kier molecular flexibility index (Phi) is 6.99. The lowest BCUT2D eigenvalue weighted by atomic mass is 10.2. The van der Waals surface area contributed by atoms with Gasteiger partial charge in [0.1, 0.15) is 11.6 Å². The first kappa shape index (κ1) is 23.5. The maximum absolute atomic E-state index is 14.1. The fraction of sp³-hybridized carbons (Fsp3) is 0.292. The number of aryl methyl sites for hydroxylation is 1. The molecule has 0 unspecified atom stereocenters. The number of aromatic nitrogens is 4. The van der Waals surface area contributed by atoms with Gasteiger partial charge in [-0.15, -0.1) is 0 Å². The van der Waals surface area contributed by atoms with Crippen molar-refractivity contribution < 1.29 is 18.3 Å². The Morgan fingerprint density at radius 1 is 0.912 bits per heavy atom. The average molecular weight is 470 g/mol. The van der Waals surface area contributed by atoms with E-state index < -0.39 is 23.2 Å². The summed E-state index contributed by atoms with van der Waals surface area (Å²) in [4.78, 5) is 29.2. The molecule has 0 fully saturated rings. The lowest BCUT2D eigenvalue weighted by molar-refractivity contribution is -0.0379. The molecule has 2 aromatic carbocycles. The monoisotopic (exact) mass is 470 g/mol. The lowest BCUT2D eigenvalue weighted by Gasteiger charge is -2.19. The second-order valence-electron chi connectivity index (χ2n) is 7.91. The molecule has 0 saturated carbocycles. The number of rotatable bonds is 9. The van der Waals surface area contributed by atoms with Crippen molar-refractivity contribution in [1.29, 1.82) is 0 Å². The highest BCUT2D eigenvalue weighted by Crippen LogP contribution is 2.14. The first-order chi connectivity index (χ1) is 16.4. The van der Waals surface area contributed by atoms with Gasteiger partial charge >= 0.3 is 5.69 Å². The van der Waals surface area contributed by atoms with Crippen LogP contribution in [-0.4, -0.2) is 31.4 Å². The normalized spacial score (nSPS) is 12.4. The van der Waals surface area contributed by atoms with Gasteiger partial charge in [0.25, 0.3) is 5.56 Å². The minimum atomic E-state index is -0.620. The zero-order chi connectivity index (χ0) is 24.2. The van der Waals surface area contributed by atoms with Crippen LogP contribution in [-0.2, 0) is 43.3 Å². The number of imidazole rings is 1. The van der Waals surface area contributed by atoms with E-state index in [-0.39, 0.29) is 43.3 Å². The summed E-state index contributed by atoms with van der Waals surface area (Å²) in [6.07, 6.45) is 0.827. The number of fused-ring (bicyclic) bond motifs is 1. The summed E-state index contributed by atoms with van der Waals surface area (Å²) >= 11 is 0. The van der Waals surface area contributed by atoms with Crippen LogP contribution in [0.15, 0.2) is 64.4 Å². The Bertz CT molecular complexity index is 1430. The van der Waals surface area contributed by atoms with Crippen molar-refractivity contribution in [2.45, 2.75) is 25.9 Å². The molecule has 4 aromatic rings. The molecule has 2 aromatic heterocycles. The Balaban J connectivity index is 1.57. The Morgan fingerprint density at radius 2 is 1.53 bits per heavy atom. The Morgan fingerprint density at radius 3 is 2.18 bits per heavy atom. The fourth-order valence-electron chi connectivity index (χ4n) is 3.65. The molecule has 0 spiro atoms. The smallest absolute Gasteiger partial charge is 0.332 e. The summed E-state index contributed by atoms with van der Waals surface area (Å²) in [6.45, 7) is 0.195. The molecule has 178 valence electrons. The van der Waals surface area contributed by atoms with Crippen LogP contribution in [0.25, 0.3) is 11.2 Å². The number of halogens is 2. The number of benzene rings is 2. The molecule has 34 heavy (non-hydrogen) atoms. The van der Waals surface area contributed by atoms with E-state index in [1.54, 1.807) is 41.0 Å². The van der Waals surface area contributed by atoms with Crippen LogP contribution >= 0.6 is 0 Å². The van der Waals surface area contributed by atoms with Gasteiger partial charge in [0, 0.05) is 25.2 Å². The molecular formula is C24H24F2N4O4. The third-order valence-corrected chi connectivity index (χ3v) is 5.57. The van der Waals surface area contributed by atoms with E-state index in [1.165, 1.54) is 37.1 Å². The number of hydrogen-bond donors (Lipinski definition) is 0. The molecule has 0 aliphatic heterocycles. The first-order valence-corrected chi connectivity index (χ1v) is 10.6. The quantitative estimate of drug-likeness (QED) is 0.376. The van der Waals surface area contributed by atoms with Gasteiger partial charge in [-0.3, -0.25) is 13.9 Å². The molecule has 0 amide bonds. The van der Waals surface area contributed by atoms with Crippen LogP contribution in [0.2, 0.25) is 0 Å². The van der Waals surface area contributed by atoms with Crippen molar-refractivity contribution in [3.05, 3.63) is 98.5 Å². The van der Waals surface area contributed by atoms with E-state index in [2.05, 4.69) is 4.98 Å². The highest BCUT2D eigenvalue weighted by molar-refractivity contribution is 5.69. The topological polar surface area (TPSA) is 80.3 Å². The van der Waals surface area contributed by atoms with Crippen molar-refractivity contribution in [3.8, 4) is 0 Å². The summed E-state index contributed by atoms with van der Waals surface area (Å²) in [6, 6.07) is 12.5. The number of nitrogens with zero attached hydrogens (tertiary/aromatic N) is 4. The molecule has 0 aliphatic carbocycles. The third kappa shape index (κ3) is 4.82. The van der Waals surface area contributed by atoms with Crippen LogP contribution in [0.5, 0.6) is 0 Å². The maximum atomic E-state index is 14.1. The first-order valence-electron chi connectivity index (χ1n) is 10.6. The van der Waals surface area contributed by atoms with Gasteiger partial charge in [0.05, 0.1) is 38.8 Å². The zero-order valence-corrected chi connectivity index (χ0v) is 18.8. The Hall–Kier alpha value is -3.63. The molecule has 0 aliphatic rings. The molecule has 1 atom stereocenters. The molecule has 2 heterocycles. The second-order valence-corrected chi connectivity index (χ2v) is 7.91. The minimum Gasteiger partial charge on any atom is -0.374 e. The van der Waals surface area contributed by atoms with E-state index >= 15 is 0 Å². The van der Waals surface area contributed by atoms with Gasteiger partial charge in [-0.25, -0.2) is 18.6 Å². The molecule has 0 bridgehead atoms. The SMILES string of the molecule is Cn1c(=O)c2c(ncn2C[C@H](COCc2ccccc2F)OCc2ccccc2F)n(C)c1=O. The summed E-state index contributed by atoms with van der Waals surface area (Å²) in [5, 5.41) is 0. The zero-order valence-electron chi connectivity index (χ0n) is 18.8. The molecular weight excluding hydrogens is 446 g/mol. The molecule has 0 radical (unpaired) electrons. The van der Waals surface area contributed by atoms with Crippen LogP contribution < -0.4 is 11.2 Å². The number of hydrogen-bond acceptors (Lipinski definition) is 5. The second kappa shape index (κ2) is 10.1. The van der Waals surface area contributed by atoms with E-state index in [0.29, 0.717) is 11.1 Å². The number of ether oxygens (including phenoxy) is 2. The summed E-state index contributed by atoms with van der Waals surface area (Å²) in [5.41, 5.74) is 0.271. The van der Waals surface area contributed by atoms with Crippen molar-refractivity contribution in [2.24, 2.45) is 14.1 Å². The molecule has 8 nitrogen and oxygen atoms in total. The van der Waals surface area contributed by atoms with E-state index in [4.69, 9.17) is 9.47 Å². The molecule has 4 rings (SSSR count). The minimum absolute atomic E-state index is 0.0210. The molecule has 0 N–H and O–H groups in total. The summed E-state index contributed by atoms with van der Waals surface area (Å²) < 4.78 is 43.5. The summed E-state index contributed by atoms with van der Waals surface area (Å²) in [5.74, 6) is -0.776. The van der Waals surface area contributed by atoms with Gasteiger partial charge in [0.15, 0.2) is 11.2 Å². The lowest BCUT2D eigenvalue weighted by Crippen LogP contribution is -2.38. The van der Waals surface area contributed by atoms with Gasteiger partial charge in [0.2, 0.25) is 0 Å². The highest BCUT2D eigenvalue weighted by atomic mass is 19.1. The molecule has 0 saturated heterocycles.